The van der Waals surface area contributed by atoms with Crippen LogP contribution in [0.5, 0.6) is 5.75 Å². The molecule has 7 nitrogen and oxygen atoms in total. The Morgan fingerprint density at radius 2 is 1.67 bits per heavy atom. The van der Waals surface area contributed by atoms with Gasteiger partial charge in [-0.2, -0.15) is 0 Å². The summed E-state index contributed by atoms with van der Waals surface area (Å²) < 4.78 is 16.6. The Kier molecular flexibility index (Phi) is 13.5. The predicted octanol–water partition coefficient (Wildman–Crippen LogP) is 5.55. The SMILES string of the molecule is CCCCCCCN(CCOc1ccc(CC(OCC)C(=O)O)cc1)C(=O)OCC(C)(C)C. The lowest BCUT2D eigenvalue weighted by Crippen LogP contribution is -2.37. The summed E-state index contributed by atoms with van der Waals surface area (Å²) in [7, 11) is 0. The Hall–Kier alpha value is -2.28. The lowest BCUT2D eigenvalue weighted by molar-refractivity contribution is -0.149. The van der Waals surface area contributed by atoms with E-state index in [4.69, 9.17) is 14.2 Å². The summed E-state index contributed by atoms with van der Waals surface area (Å²) in [5, 5.41) is 9.23. The third kappa shape index (κ3) is 13.1. The van der Waals surface area contributed by atoms with E-state index in [1.54, 1.807) is 11.8 Å². The second-order valence-corrected chi connectivity index (χ2v) is 9.50. The van der Waals surface area contributed by atoms with Crippen LogP contribution in [0.3, 0.4) is 0 Å². The molecule has 1 unspecified atom stereocenters. The molecule has 0 aliphatic rings. The van der Waals surface area contributed by atoms with Crippen LogP contribution in [-0.4, -0.2) is 61.1 Å². The first-order chi connectivity index (χ1) is 15.7. The van der Waals surface area contributed by atoms with Crippen molar-refractivity contribution in [2.24, 2.45) is 5.41 Å². The highest BCUT2D eigenvalue weighted by Crippen LogP contribution is 2.16. The van der Waals surface area contributed by atoms with E-state index in [1.807, 2.05) is 45.0 Å². The number of benzene rings is 1. The smallest absolute Gasteiger partial charge is 0.409 e. The quantitative estimate of drug-likeness (QED) is 0.322. The molecule has 0 saturated carbocycles. The number of nitrogens with zero attached hydrogens (tertiary/aromatic N) is 1. The molecule has 0 aliphatic carbocycles. The minimum absolute atomic E-state index is 0.0808. The van der Waals surface area contributed by atoms with E-state index in [1.165, 1.54) is 19.3 Å². The second kappa shape index (κ2) is 15.5. The van der Waals surface area contributed by atoms with Crippen LogP contribution in [0.2, 0.25) is 0 Å². The molecule has 0 aromatic heterocycles. The standard InChI is InChI=1S/C26H43NO6/c1-6-8-9-10-11-16-27(25(30)33-20-26(3,4)5)17-18-32-22-14-12-21(13-15-22)19-23(24(28)29)31-7-2/h12-15,23H,6-11,16-20H2,1-5H3,(H,28,29). The van der Waals surface area contributed by atoms with Crippen LogP contribution in [0, 0.1) is 5.41 Å². The van der Waals surface area contributed by atoms with E-state index in [0.29, 0.717) is 45.1 Å². The predicted molar refractivity (Wildman–Crippen MR) is 130 cm³/mol. The average molecular weight is 466 g/mol. The van der Waals surface area contributed by atoms with Crippen molar-refractivity contribution in [3.63, 3.8) is 0 Å². The Labute approximate surface area is 199 Å². The minimum Gasteiger partial charge on any atom is -0.492 e. The molecule has 0 radical (unpaired) electrons. The Bertz CT molecular complexity index is 683. The Morgan fingerprint density at radius 1 is 1.00 bits per heavy atom. The highest BCUT2D eigenvalue weighted by molar-refractivity contribution is 5.72. The van der Waals surface area contributed by atoms with Gasteiger partial charge in [0.2, 0.25) is 0 Å². The maximum absolute atomic E-state index is 12.6. The topological polar surface area (TPSA) is 85.3 Å². The molecule has 0 fully saturated rings. The van der Waals surface area contributed by atoms with Crippen molar-refractivity contribution in [2.45, 2.75) is 79.2 Å². The third-order valence-corrected chi connectivity index (χ3v) is 5.04. The zero-order chi connectivity index (χ0) is 24.7. The number of rotatable bonds is 16. The van der Waals surface area contributed by atoms with Crippen molar-refractivity contribution < 1.29 is 28.9 Å². The van der Waals surface area contributed by atoms with Gasteiger partial charge in [0.15, 0.2) is 6.10 Å². The second-order valence-electron chi connectivity index (χ2n) is 9.50. The molecule has 0 bridgehead atoms. The number of ether oxygens (including phenoxy) is 3. The number of carboxylic acids is 1. The Morgan fingerprint density at radius 3 is 2.24 bits per heavy atom. The number of hydrogen-bond acceptors (Lipinski definition) is 5. The van der Waals surface area contributed by atoms with Gasteiger partial charge in [-0.05, 0) is 36.5 Å². The van der Waals surface area contributed by atoms with Crippen molar-refractivity contribution in [3.05, 3.63) is 29.8 Å². The van der Waals surface area contributed by atoms with E-state index < -0.39 is 12.1 Å². The number of aliphatic carboxylic acids is 1. The molecule has 1 N–H and O–H groups in total. The average Bonchev–Trinajstić information content (AvgIpc) is 2.76. The molecular weight excluding hydrogens is 422 g/mol. The lowest BCUT2D eigenvalue weighted by Gasteiger charge is -2.25. The van der Waals surface area contributed by atoms with Gasteiger partial charge in [-0.3, -0.25) is 0 Å². The van der Waals surface area contributed by atoms with Gasteiger partial charge in [-0.25, -0.2) is 9.59 Å². The Balaban J connectivity index is 2.57. The third-order valence-electron chi connectivity index (χ3n) is 5.04. The summed E-state index contributed by atoms with van der Waals surface area (Å²) in [4.78, 5) is 25.6. The first-order valence-corrected chi connectivity index (χ1v) is 12.1. The van der Waals surface area contributed by atoms with Gasteiger partial charge in [0, 0.05) is 19.6 Å². The van der Waals surface area contributed by atoms with Gasteiger partial charge in [-0.1, -0.05) is 65.5 Å². The number of unbranched alkanes of at least 4 members (excludes halogenated alkanes) is 4. The van der Waals surface area contributed by atoms with Gasteiger partial charge in [0.1, 0.15) is 12.4 Å². The number of amides is 1. The molecule has 0 heterocycles. The number of hydrogen-bond donors (Lipinski definition) is 1. The lowest BCUT2D eigenvalue weighted by atomic mass is 9.99. The maximum Gasteiger partial charge on any atom is 0.409 e. The van der Waals surface area contributed by atoms with Crippen LogP contribution in [-0.2, 0) is 20.7 Å². The van der Waals surface area contributed by atoms with Crippen molar-refractivity contribution in [2.75, 3.05) is 32.9 Å². The van der Waals surface area contributed by atoms with E-state index in [-0.39, 0.29) is 11.5 Å². The first kappa shape index (κ1) is 28.8. The molecule has 7 heteroatoms. The number of carboxylic acid groups (broad SMARTS) is 1. The number of carbonyl (C=O) groups is 2. The highest BCUT2D eigenvalue weighted by Gasteiger charge is 2.20. The van der Waals surface area contributed by atoms with Crippen molar-refractivity contribution in [3.8, 4) is 5.75 Å². The molecule has 188 valence electrons. The normalized spacial score (nSPS) is 12.3. The summed E-state index contributed by atoms with van der Waals surface area (Å²) in [6, 6.07) is 7.31. The maximum atomic E-state index is 12.6. The molecule has 1 rings (SSSR count). The molecule has 0 aliphatic heterocycles. The van der Waals surface area contributed by atoms with Crippen molar-refractivity contribution >= 4 is 12.1 Å². The summed E-state index contributed by atoms with van der Waals surface area (Å²) in [5.41, 5.74) is 0.783. The molecular formula is C26H43NO6. The fourth-order valence-electron chi connectivity index (χ4n) is 3.20. The molecule has 1 amide bonds. The zero-order valence-corrected chi connectivity index (χ0v) is 21.1. The van der Waals surface area contributed by atoms with E-state index in [0.717, 1.165) is 18.4 Å². The van der Waals surface area contributed by atoms with Gasteiger partial charge in [0.05, 0.1) is 13.2 Å². The van der Waals surface area contributed by atoms with E-state index in [2.05, 4.69) is 6.92 Å². The van der Waals surface area contributed by atoms with E-state index in [9.17, 15) is 14.7 Å². The summed E-state index contributed by atoms with van der Waals surface area (Å²) in [6.07, 6.45) is 4.77. The van der Waals surface area contributed by atoms with Gasteiger partial charge < -0.3 is 24.2 Å². The molecule has 1 aromatic rings. The van der Waals surface area contributed by atoms with Crippen LogP contribution in [0.15, 0.2) is 24.3 Å². The largest absolute Gasteiger partial charge is 0.492 e. The molecule has 0 spiro atoms. The van der Waals surface area contributed by atoms with Gasteiger partial charge >= 0.3 is 12.1 Å². The molecule has 1 atom stereocenters. The monoisotopic (exact) mass is 465 g/mol. The van der Waals surface area contributed by atoms with E-state index >= 15 is 0 Å². The van der Waals surface area contributed by atoms with Crippen LogP contribution < -0.4 is 4.74 Å². The zero-order valence-electron chi connectivity index (χ0n) is 21.1. The van der Waals surface area contributed by atoms with Crippen LogP contribution >= 0.6 is 0 Å². The summed E-state index contributed by atoms with van der Waals surface area (Å²) in [6.45, 7) is 12.3. The van der Waals surface area contributed by atoms with Crippen molar-refractivity contribution in [1.82, 2.24) is 4.90 Å². The van der Waals surface area contributed by atoms with Crippen LogP contribution in [0.4, 0.5) is 4.79 Å². The summed E-state index contributed by atoms with van der Waals surface area (Å²) in [5.74, 6) is -0.293. The van der Waals surface area contributed by atoms with Crippen molar-refractivity contribution in [1.29, 1.82) is 0 Å². The minimum atomic E-state index is -0.967. The highest BCUT2D eigenvalue weighted by atomic mass is 16.6. The summed E-state index contributed by atoms with van der Waals surface area (Å²) >= 11 is 0. The fraction of sp³-hybridized carbons (Fsp3) is 0.692. The van der Waals surface area contributed by atoms with Crippen LogP contribution in [0.1, 0.15) is 72.3 Å². The first-order valence-electron chi connectivity index (χ1n) is 12.1. The fourth-order valence-corrected chi connectivity index (χ4v) is 3.20. The van der Waals surface area contributed by atoms with Gasteiger partial charge in [0.25, 0.3) is 0 Å². The molecule has 33 heavy (non-hydrogen) atoms. The number of carbonyl (C=O) groups excluding carboxylic acids is 1. The molecule has 0 saturated heterocycles. The van der Waals surface area contributed by atoms with Crippen LogP contribution in [0.25, 0.3) is 0 Å². The molecule has 1 aromatic carbocycles. The van der Waals surface area contributed by atoms with Gasteiger partial charge in [-0.15, -0.1) is 0 Å².